The lowest BCUT2D eigenvalue weighted by molar-refractivity contribution is 0.0671. The van der Waals surface area contributed by atoms with Gasteiger partial charge < -0.3 is 10.2 Å². The Morgan fingerprint density at radius 3 is 2.79 bits per heavy atom. The number of nitrogens with zero attached hydrogens (tertiary/aromatic N) is 4. The number of guanidine groups is 1. The standard InChI is InChI=1S/C14H23F2N5O2S/c1-4-17-13(19-9-11-18-5-6-21(11)12(15)16)20-7-8-24(22,23)14(2,3)10-20/h5-6,12H,4,7-10H2,1-3H3,(H,17,19). The van der Waals surface area contributed by atoms with E-state index in [-0.39, 0.29) is 18.1 Å². The van der Waals surface area contributed by atoms with Crippen LogP contribution in [0, 0.1) is 0 Å². The zero-order valence-electron chi connectivity index (χ0n) is 14.0. The fourth-order valence-corrected chi connectivity index (χ4v) is 3.91. The van der Waals surface area contributed by atoms with E-state index in [1.165, 1.54) is 12.4 Å². The summed E-state index contributed by atoms with van der Waals surface area (Å²) in [4.78, 5) is 10.1. The predicted octanol–water partition coefficient (Wildman–Crippen LogP) is 1.25. The van der Waals surface area contributed by atoms with Gasteiger partial charge in [-0.05, 0) is 20.8 Å². The first-order chi connectivity index (χ1) is 11.2. The molecule has 1 saturated heterocycles. The number of nitrogens with one attached hydrogen (secondary N) is 1. The highest BCUT2D eigenvalue weighted by Crippen LogP contribution is 2.24. The molecular weight excluding hydrogens is 340 g/mol. The summed E-state index contributed by atoms with van der Waals surface area (Å²) in [6.07, 6.45) is 2.51. The Labute approximate surface area is 140 Å². The molecule has 136 valence electrons. The second-order valence-corrected chi connectivity index (χ2v) is 8.94. The quantitative estimate of drug-likeness (QED) is 0.643. The maximum atomic E-state index is 12.9. The van der Waals surface area contributed by atoms with Gasteiger partial charge in [0.25, 0.3) is 0 Å². The third-order valence-corrected chi connectivity index (χ3v) is 6.54. The lowest BCUT2D eigenvalue weighted by Crippen LogP contribution is -2.57. The summed E-state index contributed by atoms with van der Waals surface area (Å²) in [5.41, 5.74) is 0. The number of hydrogen-bond acceptors (Lipinski definition) is 4. The highest BCUT2D eigenvalue weighted by molar-refractivity contribution is 7.92. The number of halogens is 2. The van der Waals surface area contributed by atoms with E-state index in [1.807, 2.05) is 11.8 Å². The molecule has 1 aliphatic heterocycles. The third kappa shape index (κ3) is 3.85. The molecule has 0 amide bonds. The van der Waals surface area contributed by atoms with Crippen molar-refractivity contribution in [3.05, 3.63) is 18.2 Å². The molecule has 0 aliphatic carbocycles. The number of imidazole rings is 1. The topological polar surface area (TPSA) is 79.6 Å². The Hall–Kier alpha value is -1.71. The lowest BCUT2D eigenvalue weighted by atomic mass is 10.2. The molecular formula is C14H23F2N5O2S. The maximum Gasteiger partial charge on any atom is 0.319 e. The fourth-order valence-electron chi connectivity index (χ4n) is 2.54. The monoisotopic (exact) mass is 363 g/mol. The first kappa shape index (κ1) is 18.6. The van der Waals surface area contributed by atoms with Crippen molar-refractivity contribution in [1.29, 1.82) is 0 Å². The molecule has 1 N–H and O–H groups in total. The summed E-state index contributed by atoms with van der Waals surface area (Å²) in [5.74, 6) is 0.699. The smallest absolute Gasteiger partial charge is 0.319 e. The molecule has 0 aromatic carbocycles. The number of alkyl halides is 2. The molecule has 0 atom stereocenters. The molecule has 0 bridgehead atoms. The summed E-state index contributed by atoms with van der Waals surface area (Å²) in [6.45, 7) is 3.78. The zero-order chi connectivity index (χ0) is 18.0. The van der Waals surface area contributed by atoms with Gasteiger partial charge in [-0.25, -0.2) is 18.4 Å². The van der Waals surface area contributed by atoms with E-state index < -0.39 is 21.1 Å². The van der Waals surface area contributed by atoms with E-state index in [2.05, 4.69) is 15.3 Å². The number of hydrogen-bond donors (Lipinski definition) is 1. The van der Waals surface area contributed by atoms with Crippen molar-refractivity contribution < 1.29 is 17.2 Å². The highest BCUT2D eigenvalue weighted by atomic mass is 32.2. The SMILES string of the molecule is CCNC(=NCc1nccn1C(F)F)N1CCS(=O)(=O)C(C)(C)C1. The van der Waals surface area contributed by atoms with Gasteiger partial charge in [0.1, 0.15) is 12.4 Å². The highest BCUT2D eigenvalue weighted by Gasteiger charge is 2.40. The van der Waals surface area contributed by atoms with Gasteiger partial charge in [0.2, 0.25) is 0 Å². The van der Waals surface area contributed by atoms with Gasteiger partial charge in [-0.2, -0.15) is 8.78 Å². The molecule has 1 aromatic rings. The van der Waals surface area contributed by atoms with Crippen LogP contribution in [0.3, 0.4) is 0 Å². The van der Waals surface area contributed by atoms with E-state index >= 15 is 0 Å². The molecule has 1 aliphatic rings. The molecule has 7 nitrogen and oxygen atoms in total. The van der Waals surface area contributed by atoms with Gasteiger partial charge in [0.05, 0.1) is 10.5 Å². The van der Waals surface area contributed by atoms with Crippen molar-refractivity contribution in [1.82, 2.24) is 19.8 Å². The summed E-state index contributed by atoms with van der Waals surface area (Å²) >= 11 is 0. The maximum absolute atomic E-state index is 12.9. The molecule has 10 heteroatoms. The third-order valence-electron chi connectivity index (χ3n) is 4.01. The molecule has 0 unspecified atom stereocenters. The number of sulfone groups is 1. The normalized spacial score (nSPS) is 20.4. The summed E-state index contributed by atoms with van der Waals surface area (Å²) in [6, 6.07) is 0. The minimum absolute atomic E-state index is 0.0106. The summed E-state index contributed by atoms with van der Waals surface area (Å²) < 4.78 is 49.8. The second-order valence-electron chi connectivity index (χ2n) is 6.20. The number of rotatable bonds is 4. The fraction of sp³-hybridized carbons (Fsp3) is 0.714. The van der Waals surface area contributed by atoms with Gasteiger partial charge in [-0.3, -0.25) is 4.57 Å². The summed E-state index contributed by atoms with van der Waals surface area (Å²) in [5, 5.41) is 3.09. The molecule has 24 heavy (non-hydrogen) atoms. The van der Waals surface area contributed by atoms with Crippen LogP contribution >= 0.6 is 0 Å². The van der Waals surface area contributed by atoms with Crippen molar-refractivity contribution in [3.8, 4) is 0 Å². The molecule has 0 saturated carbocycles. The van der Waals surface area contributed by atoms with Gasteiger partial charge >= 0.3 is 6.55 Å². The zero-order valence-corrected chi connectivity index (χ0v) is 14.9. The Morgan fingerprint density at radius 2 is 2.21 bits per heavy atom. The van der Waals surface area contributed by atoms with Crippen LogP contribution in [0.1, 0.15) is 33.1 Å². The first-order valence-electron chi connectivity index (χ1n) is 7.73. The van der Waals surface area contributed by atoms with E-state index in [0.29, 0.717) is 25.6 Å². The van der Waals surface area contributed by atoms with Crippen molar-refractivity contribution >= 4 is 15.8 Å². The Bertz CT molecular complexity index is 700. The average Bonchev–Trinajstić information content (AvgIpc) is 2.95. The van der Waals surface area contributed by atoms with Crippen molar-refractivity contribution in [2.45, 2.75) is 38.6 Å². The van der Waals surface area contributed by atoms with Gasteiger partial charge in [-0.15, -0.1) is 0 Å². The van der Waals surface area contributed by atoms with E-state index in [1.54, 1.807) is 13.8 Å². The minimum Gasteiger partial charge on any atom is -0.357 e. The second kappa shape index (κ2) is 7.04. The van der Waals surface area contributed by atoms with E-state index in [9.17, 15) is 17.2 Å². The predicted molar refractivity (Wildman–Crippen MR) is 87.7 cm³/mol. The van der Waals surface area contributed by atoms with Crippen LogP contribution in [0.15, 0.2) is 17.4 Å². The molecule has 0 spiro atoms. The molecule has 2 rings (SSSR count). The van der Waals surface area contributed by atoms with Crippen LogP contribution < -0.4 is 5.32 Å². The molecule has 0 radical (unpaired) electrons. The van der Waals surface area contributed by atoms with Gasteiger partial charge in [-0.1, -0.05) is 0 Å². The Kier molecular flexibility index (Phi) is 5.46. The lowest BCUT2D eigenvalue weighted by Gasteiger charge is -2.39. The van der Waals surface area contributed by atoms with Gasteiger partial charge in [0.15, 0.2) is 15.8 Å². The van der Waals surface area contributed by atoms with Crippen LogP contribution in [0.2, 0.25) is 0 Å². The minimum atomic E-state index is -3.16. The van der Waals surface area contributed by atoms with Crippen LogP contribution in [0.5, 0.6) is 0 Å². The van der Waals surface area contributed by atoms with Crippen molar-refractivity contribution in [2.75, 3.05) is 25.4 Å². The average molecular weight is 363 g/mol. The number of aliphatic imine (C=N–C) groups is 1. The first-order valence-corrected chi connectivity index (χ1v) is 9.38. The largest absolute Gasteiger partial charge is 0.357 e. The van der Waals surface area contributed by atoms with Crippen LogP contribution in [0.4, 0.5) is 8.78 Å². The van der Waals surface area contributed by atoms with Crippen molar-refractivity contribution in [3.63, 3.8) is 0 Å². The molecule has 2 heterocycles. The molecule has 1 fully saturated rings. The number of aromatic nitrogens is 2. The van der Waals surface area contributed by atoms with Gasteiger partial charge in [0, 0.05) is 32.0 Å². The van der Waals surface area contributed by atoms with Crippen LogP contribution in [-0.4, -0.2) is 59.0 Å². The van der Waals surface area contributed by atoms with Crippen molar-refractivity contribution in [2.24, 2.45) is 4.99 Å². The van der Waals surface area contributed by atoms with E-state index in [0.717, 1.165) is 4.57 Å². The Morgan fingerprint density at radius 1 is 1.50 bits per heavy atom. The van der Waals surface area contributed by atoms with Crippen LogP contribution in [0.25, 0.3) is 0 Å². The van der Waals surface area contributed by atoms with E-state index in [4.69, 9.17) is 0 Å². The van der Waals surface area contributed by atoms with Crippen LogP contribution in [-0.2, 0) is 16.4 Å². The Balaban J connectivity index is 2.19. The summed E-state index contributed by atoms with van der Waals surface area (Å²) in [7, 11) is -3.16. The molecule has 1 aromatic heterocycles.